The van der Waals surface area contributed by atoms with E-state index in [9.17, 15) is 9.18 Å². The molecule has 7 heteroatoms. The van der Waals surface area contributed by atoms with Crippen molar-refractivity contribution in [3.8, 4) is 11.4 Å². The van der Waals surface area contributed by atoms with E-state index in [0.717, 1.165) is 5.56 Å². The molecular formula is C22H23FN4OS. The molecule has 1 amide bonds. The Kier molecular flexibility index (Phi) is 7.19. The van der Waals surface area contributed by atoms with Gasteiger partial charge in [0, 0.05) is 18.7 Å². The van der Waals surface area contributed by atoms with Crippen LogP contribution in [0.5, 0.6) is 0 Å². The minimum absolute atomic E-state index is 0.0609. The number of carbonyl (C=O) groups excluding carboxylic acids is 1. The van der Waals surface area contributed by atoms with Gasteiger partial charge >= 0.3 is 0 Å². The second kappa shape index (κ2) is 10.0. The Bertz CT molecular complexity index is 957. The molecule has 0 aliphatic carbocycles. The summed E-state index contributed by atoms with van der Waals surface area (Å²) in [6.07, 6.45) is 1.74. The first-order valence-corrected chi connectivity index (χ1v) is 10.3. The van der Waals surface area contributed by atoms with Crippen LogP contribution in [-0.4, -0.2) is 33.0 Å². The molecule has 1 N–H and O–H groups in total. The Morgan fingerprint density at radius 2 is 1.93 bits per heavy atom. The predicted octanol–water partition coefficient (Wildman–Crippen LogP) is 4.28. The maximum Gasteiger partial charge on any atom is 0.230 e. The van der Waals surface area contributed by atoms with Crippen molar-refractivity contribution in [1.82, 2.24) is 20.1 Å². The van der Waals surface area contributed by atoms with Crippen LogP contribution in [0.4, 0.5) is 4.39 Å². The fourth-order valence-electron chi connectivity index (χ4n) is 2.85. The van der Waals surface area contributed by atoms with Crippen molar-refractivity contribution in [3.05, 3.63) is 78.6 Å². The van der Waals surface area contributed by atoms with Crippen LogP contribution in [0.15, 0.2) is 72.4 Å². The highest BCUT2D eigenvalue weighted by Crippen LogP contribution is 2.24. The first kappa shape index (κ1) is 20.8. The van der Waals surface area contributed by atoms with Crippen molar-refractivity contribution in [2.24, 2.45) is 0 Å². The number of amides is 1. The van der Waals surface area contributed by atoms with Gasteiger partial charge in [0.2, 0.25) is 5.91 Å². The molecule has 1 atom stereocenters. The number of hydrogen-bond donors (Lipinski definition) is 1. The van der Waals surface area contributed by atoms with Gasteiger partial charge in [0.15, 0.2) is 11.0 Å². The first-order valence-electron chi connectivity index (χ1n) is 9.33. The van der Waals surface area contributed by atoms with Crippen molar-refractivity contribution in [2.45, 2.75) is 24.5 Å². The number of hydrogen-bond acceptors (Lipinski definition) is 4. The number of nitrogens with one attached hydrogen (secondary N) is 1. The molecule has 0 aliphatic heterocycles. The molecule has 0 bridgehead atoms. The summed E-state index contributed by atoms with van der Waals surface area (Å²) in [4.78, 5) is 12.3. The van der Waals surface area contributed by atoms with Crippen molar-refractivity contribution in [1.29, 1.82) is 0 Å². The third-order valence-electron chi connectivity index (χ3n) is 4.44. The third kappa shape index (κ3) is 5.54. The molecule has 150 valence electrons. The van der Waals surface area contributed by atoms with Gasteiger partial charge in [-0.05, 0) is 35.7 Å². The van der Waals surface area contributed by atoms with Crippen LogP contribution in [0.3, 0.4) is 0 Å². The van der Waals surface area contributed by atoms with Crippen molar-refractivity contribution in [2.75, 3.05) is 12.3 Å². The molecule has 3 rings (SSSR count). The monoisotopic (exact) mass is 410 g/mol. The SMILES string of the molecule is C=CCn1c(SCC(=O)NC[C@H](C)c2ccccc2)nnc1-c1ccc(F)cc1. The van der Waals surface area contributed by atoms with Gasteiger partial charge in [-0.3, -0.25) is 9.36 Å². The number of allylic oxidation sites excluding steroid dienone is 1. The third-order valence-corrected chi connectivity index (χ3v) is 5.40. The molecular weight excluding hydrogens is 387 g/mol. The zero-order valence-electron chi connectivity index (χ0n) is 16.2. The van der Waals surface area contributed by atoms with E-state index in [0.29, 0.717) is 24.1 Å². The largest absolute Gasteiger partial charge is 0.355 e. The van der Waals surface area contributed by atoms with Gasteiger partial charge in [-0.2, -0.15) is 0 Å². The highest BCUT2D eigenvalue weighted by molar-refractivity contribution is 7.99. The standard InChI is InChI=1S/C22H23FN4OS/c1-3-13-27-21(18-9-11-19(23)12-10-18)25-26-22(27)29-15-20(28)24-14-16(2)17-7-5-4-6-8-17/h3-12,16H,1,13-15H2,2H3,(H,24,28)/t16-/m0/s1. The Morgan fingerprint density at radius 3 is 2.62 bits per heavy atom. The van der Waals surface area contributed by atoms with Gasteiger partial charge in [-0.15, -0.1) is 16.8 Å². The van der Waals surface area contributed by atoms with Gasteiger partial charge in [-0.25, -0.2) is 4.39 Å². The molecule has 5 nitrogen and oxygen atoms in total. The highest BCUT2D eigenvalue weighted by atomic mass is 32.2. The molecule has 0 spiro atoms. The average Bonchev–Trinajstić information content (AvgIpc) is 3.14. The zero-order chi connectivity index (χ0) is 20.6. The molecule has 1 aromatic heterocycles. The molecule has 1 heterocycles. The Labute approximate surface area is 174 Å². The van der Waals surface area contributed by atoms with Crippen LogP contribution < -0.4 is 5.32 Å². The Morgan fingerprint density at radius 1 is 1.21 bits per heavy atom. The molecule has 2 aromatic carbocycles. The zero-order valence-corrected chi connectivity index (χ0v) is 17.0. The van der Waals surface area contributed by atoms with Gasteiger partial charge in [-0.1, -0.05) is 55.1 Å². The van der Waals surface area contributed by atoms with E-state index >= 15 is 0 Å². The summed E-state index contributed by atoms with van der Waals surface area (Å²) in [5.41, 5.74) is 1.95. The van der Waals surface area contributed by atoms with Crippen molar-refractivity contribution >= 4 is 17.7 Å². The lowest BCUT2D eigenvalue weighted by Crippen LogP contribution is -2.29. The lowest BCUT2D eigenvalue weighted by atomic mass is 10.0. The number of carbonyl (C=O) groups is 1. The van der Waals surface area contributed by atoms with Gasteiger partial charge in [0.1, 0.15) is 5.82 Å². The Balaban J connectivity index is 1.60. The number of halogens is 1. The summed E-state index contributed by atoms with van der Waals surface area (Å²) in [6, 6.07) is 16.2. The number of nitrogens with zero attached hydrogens (tertiary/aromatic N) is 3. The van der Waals surface area contributed by atoms with Crippen LogP contribution >= 0.6 is 11.8 Å². The van der Waals surface area contributed by atoms with E-state index in [4.69, 9.17) is 0 Å². The van der Waals surface area contributed by atoms with Crippen molar-refractivity contribution in [3.63, 3.8) is 0 Å². The second-order valence-electron chi connectivity index (χ2n) is 6.62. The van der Waals surface area contributed by atoms with Crippen LogP contribution in [-0.2, 0) is 11.3 Å². The summed E-state index contributed by atoms with van der Waals surface area (Å²) in [7, 11) is 0. The summed E-state index contributed by atoms with van der Waals surface area (Å²) in [5, 5.41) is 12.0. The van der Waals surface area contributed by atoms with Crippen LogP contribution in [0.25, 0.3) is 11.4 Å². The van der Waals surface area contributed by atoms with E-state index in [2.05, 4.69) is 41.1 Å². The number of aromatic nitrogens is 3. The highest BCUT2D eigenvalue weighted by Gasteiger charge is 2.15. The molecule has 0 saturated carbocycles. The fourth-order valence-corrected chi connectivity index (χ4v) is 3.63. The molecule has 3 aromatic rings. The van der Waals surface area contributed by atoms with E-state index < -0.39 is 0 Å². The van der Waals surface area contributed by atoms with E-state index in [1.165, 1.54) is 29.5 Å². The fraction of sp³-hybridized carbons (Fsp3) is 0.227. The maximum atomic E-state index is 13.2. The smallest absolute Gasteiger partial charge is 0.230 e. The number of thioether (sulfide) groups is 1. The van der Waals surface area contributed by atoms with E-state index in [1.54, 1.807) is 18.2 Å². The molecule has 0 fully saturated rings. The lowest BCUT2D eigenvalue weighted by molar-refractivity contribution is -0.118. The van der Waals surface area contributed by atoms with Gasteiger partial charge in [0.05, 0.1) is 5.75 Å². The van der Waals surface area contributed by atoms with Crippen LogP contribution in [0.1, 0.15) is 18.4 Å². The maximum absolute atomic E-state index is 13.2. The van der Waals surface area contributed by atoms with E-state index in [-0.39, 0.29) is 23.4 Å². The minimum atomic E-state index is -0.306. The Hall–Kier alpha value is -2.93. The second-order valence-corrected chi connectivity index (χ2v) is 7.56. The number of benzene rings is 2. The van der Waals surface area contributed by atoms with Crippen LogP contribution in [0, 0.1) is 5.82 Å². The van der Waals surface area contributed by atoms with Gasteiger partial charge < -0.3 is 5.32 Å². The summed E-state index contributed by atoms with van der Waals surface area (Å²) >= 11 is 1.32. The summed E-state index contributed by atoms with van der Waals surface area (Å²) < 4.78 is 15.1. The topological polar surface area (TPSA) is 59.8 Å². The quantitative estimate of drug-likeness (QED) is 0.422. The molecule has 29 heavy (non-hydrogen) atoms. The molecule has 0 aliphatic rings. The van der Waals surface area contributed by atoms with E-state index in [1.807, 2.05) is 22.8 Å². The number of rotatable bonds is 9. The lowest BCUT2D eigenvalue weighted by Gasteiger charge is -2.13. The molecule has 0 radical (unpaired) electrons. The summed E-state index contributed by atoms with van der Waals surface area (Å²) in [5.74, 6) is 0.721. The predicted molar refractivity (Wildman–Crippen MR) is 114 cm³/mol. The normalized spacial score (nSPS) is 11.8. The molecule has 0 unspecified atom stereocenters. The van der Waals surface area contributed by atoms with Crippen molar-refractivity contribution < 1.29 is 9.18 Å². The first-order chi connectivity index (χ1) is 14.1. The summed E-state index contributed by atoms with van der Waals surface area (Å²) in [6.45, 7) is 6.92. The molecule has 0 saturated heterocycles. The average molecular weight is 411 g/mol. The minimum Gasteiger partial charge on any atom is -0.355 e. The van der Waals surface area contributed by atoms with Gasteiger partial charge in [0.25, 0.3) is 0 Å². The van der Waals surface area contributed by atoms with Crippen LogP contribution in [0.2, 0.25) is 0 Å².